The van der Waals surface area contributed by atoms with Gasteiger partial charge in [-0.2, -0.15) is 0 Å². The number of rotatable bonds is 10. The fourth-order valence-corrected chi connectivity index (χ4v) is 2.54. The Morgan fingerprint density at radius 3 is 2.09 bits per heavy atom. The predicted octanol–water partition coefficient (Wildman–Crippen LogP) is 2.86. The largest absolute Gasteiger partial charge is 0.480 e. The molecule has 0 aromatic heterocycles. The minimum atomic E-state index is -0.985. The lowest BCUT2D eigenvalue weighted by Crippen LogP contribution is -2.36. The van der Waals surface area contributed by atoms with E-state index >= 15 is 0 Å². The van der Waals surface area contributed by atoms with Crippen molar-refractivity contribution in [1.29, 1.82) is 0 Å². The summed E-state index contributed by atoms with van der Waals surface area (Å²) in [5.74, 6) is -1.21. The maximum atomic E-state index is 12.4. The maximum Gasteiger partial charge on any atom is 0.323 e. The van der Waals surface area contributed by atoms with E-state index in [0.717, 1.165) is 38.0 Å². The van der Waals surface area contributed by atoms with Crippen molar-refractivity contribution in [3.8, 4) is 0 Å². The molecule has 23 heavy (non-hydrogen) atoms. The van der Waals surface area contributed by atoms with Crippen molar-refractivity contribution in [3.63, 3.8) is 0 Å². The maximum absolute atomic E-state index is 12.4. The smallest absolute Gasteiger partial charge is 0.323 e. The molecule has 0 saturated heterocycles. The molecule has 0 bridgehead atoms. The molecule has 1 amide bonds. The van der Waals surface area contributed by atoms with Crippen LogP contribution < -0.4 is 0 Å². The lowest BCUT2D eigenvalue weighted by molar-refractivity contribution is -0.137. The third-order valence-electron chi connectivity index (χ3n) is 3.70. The summed E-state index contributed by atoms with van der Waals surface area (Å²) >= 11 is 0. The van der Waals surface area contributed by atoms with Crippen LogP contribution in [0.1, 0.15) is 49.5 Å². The zero-order chi connectivity index (χ0) is 17.2. The Morgan fingerprint density at radius 2 is 1.61 bits per heavy atom. The summed E-state index contributed by atoms with van der Waals surface area (Å²) in [6.45, 7) is 9.35. The number of nitrogens with zero attached hydrogens (tertiary/aromatic N) is 2. The summed E-state index contributed by atoms with van der Waals surface area (Å²) in [4.78, 5) is 27.0. The van der Waals surface area contributed by atoms with Crippen LogP contribution in [0.4, 0.5) is 0 Å². The molecule has 1 N–H and O–H groups in total. The first-order chi connectivity index (χ1) is 11.0. The lowest BCUT2D eigenvalue weighted by atomic mass is 10.1. The van der Waals surface area contributed by atoms with Crippen molar-refractivity contribution in [2.75, 3.05) is 26.2 Å². The highest BCUT2D eigenvalue weighted by Crippen LogP contribution is 2.11. The van der Waals surface area contributed by atoms with Crippen LogP contribution in [0.25, 0.3) is 0 Å². The normalized spacial score (nSPS) is 10.8. The van der Waals surface area contributed by atoms with Crippen LogP contribution in [0.5, 0.6) is 0 Å². The molecule has 1 rings (SSSR count). The van der Waals surface area contributed by atoms with Crippen molar-refractivity contribution in [1.82, 2.24) is 9.80 Å². The van der Waals surface area contributed by atoms with Crippen LogP contribution in [0, 0.1) is 0 Å². The van der Waals surface area contributed by atoms with Crippen molar-refractivity contribution >= 4 is 11.9 Å². The molecule has 0 aliphatic heterocycles. The molecule has 1 aromatic rings. The summed E-state index contributed by atoms with van der Waals surface area (Å²) in [5.41, 5.74) is 1.71. The lowest BCUT2D eigenvalue weighted by Gasteiger charge is -2.21. The number of hydrogen-bond acceptors (Lipinski definition) is 3. The van der Waals surface area contributed by atoms with Crippen LogP contribution in [0.3, 0.4) is 0 Å². The third kappa shape index (κ3) is 6.40. The number of aliphatic carboxylic acids is 1. The van der Waals surface area contributed by atoms with Gasteiger partial charge in [-0.3, -0.25) is 14.5 Å². The van der Waals surface area contributed by atoms with E-state index in [0.29, 0.717) is 12.1 Å². The minimum absolute atomic E-state index is 0.221. The number of carboxylic acid groups (broad SMARTS) is 1. The number of amides is 1. The van der Waals surface area contributed by atoms with Crippen LogP contribution in [0.2, 0.25) is 0 Å². The van der Waals surface area contributed by atoms with Gasteiger partial charge < -0.3 is 10.0 Å². The number of carbonyl (C=O) groups is 2. The van der Waals surface area contributed by atoms with Gasteiger partial charge in [0.25, 0.3) is 5.91 Å². The predicted molar refractivity (Wildman–Crippen MR) is 91.5 cm³/mol. The Morgan fingerprint density at radius 1 is 1.00 bits per heavy atom. The zero-order valence-electron chi connectivity index (χ0n) is 14.4. The van der Waals surface area contributed by atoms with E-state index in [2.05, 4.69) is 18.7 Å². The Hall–Kier alpha value is -1.88. The summed E-state index contributed by atoms with van der Waals surface area (Å²) in [6.07, 6.45) is 1.85. The van der Waals surface area contributed by atoms with Crippen LogP contribution in [0.15, 0.2) is 24.3 Å². The van der Waals surface area contributed by atoms with Crippen LogP contribution >= 0.6 is 0 Å². The van der Waals surface area contributed by atoms with Crippen LogP contribution in [-0.4, -0.2) is 53.0 Å². The average Bonchev–Trinajstić information content (AvgIpc) is 2.53. The van der Waals surface area contributed by atoms with Gasteiger partial charge >= 0.3 is 5.97 Å². The molecule has 5 nitrogen and oxygen atoms in total. The van der Waals surface area contributed by atoms with Gasteiger partial charge in [0.05, 0.1) is 0 Å². The fraction of sp³-hybridized carbons (Fsp3) is 0.556. The molecule has 0 unspecified atom stereocenters. The SMILES string of the molecule is CCCN(CC)Cc1ccc(C(=O)N(CCC)CC(=O)O)cc1. The highest BCUT2D eigenvalue weighted by atomic mass is 16.4. The molecule has 0 spiro atoms. The topological polar surface area (TPSA) is 60.9 Å². The number of benzene rings is 1. The fourth-order valence-electron chi connectivity index (χ4n) is 2.54. The molecule has 0 fully saturated rings. The Bertz CT molecular complexity index is 499. The minimum Gasteiger partial charge on any atom is -0.480 e. The summed E-state index contributed by atoms with van der Waals surface area (Å²) in [5, 5.41) is 8.93. The number of carbonyl (C=O) groups excluding carboxylic acids is 1. The van der Waals surface area contributed by atoms with Gasteiger partial charge in [-0.25, -0.2) is 0 Å². The second kappa shape index (κ2) is 10.0. The summed E-state index contributed by atoms with van der Waals surface area (Å²) in [6, 6.07) is 7.50. The molecule has 0 heterocycles. The molecular formula is C18H28N2O3. The number of carboxylic acids is 1. The molecule has 1 aromatic carbocycles. The van der Waals surface area contributed by atoms with Crippen molar-refractivity contribution < 1.29 is 14.7 Å². The van der Waals surface area contributed by atoms with E-state index in [1.165, 1.54) is 4.90 Å². The van der Waals surface area contributed by atoms with Crippen molar-refractivity contribution in [2.24, 2.45) is 0 Å². The molecular weight excluding hydrogens is 292 g/mol. The first-order valence-corrected chi connectivity index (χ1v) is 8.34. The van der Waals surface area contributed by atoms with Gasteiger partial charge in [0, 0.05) is 18.7 Å². The van der Waals surface area contributed by atoms with Gasteiger partial charge in [0.2, 0.25) is 0 Å². The molecule has 0 radical (unpaired) electrons. The van der Waals surface area contributed by atoms with Gasteiger partial charge in [-0.15, -0.1) is 0 Å². The Labute approximate surface area is 138 Å². The third-order valence-corrected chi connectivity index (χ3v) is 3.70. The molecule has 0 saturated carbocycles. The molecule has 0 aliphatic carbocycles. The van der Waals surface area contributed by atoms with E-state index in [1.807, 2.05) is 19.1 Å². The zero-order valence-corrected chi connectivity index (χ0v) is 14.4. The van der Waals surface area contributed by atoms with E-state index < -0.39 is 5.97 Å². The number of hydrogen-bond donors (Lipinski definition) is 1. The molecule has 0 aliphatic rings. The van der Waals surface area contributed by atoms with E-state index in [-0.39, 0.29) is 12.5 Å². The summed E-state index contributed by atoms with van der Waals surface area (Å²) < 4.78 is 0. The standard InChI is InChI=1S/C18H28N2O3/c1-4-11-19(6-3)13-15-7-9-16(10-8-15)18(23)20(12-5-2)14-17(21)22/h7-10H,4-6,11-14H2,1-3H3,(H,21,22). The van der Waals surface area contributed by atoms with E-state index in [9.17, 15) is 9.59 Å². The molecule has 128 valence electrons. The van der Waals surface area contributed by atoms with Crippen LogP contribution in [-0.2, 0) is 11.3 Å². The Kier molecular flexibility index (Phi) is 8.33. The summed E-state index contributed by atoms with van der Waals surface area (Å²) in [7, 11) is 0. The van der Waals surface area contributed by atoms with Gasteiger partial charge in [-0.1, -0.05) is 32.9 Å². The second-order valence-corrected chi connectivity index (χ2v) is 5.69. The van der Waals surface area contributed by atoms with E-state index in [1.54, 1.807) is 12.1 Å². The average molecular weight is 320 g/mol. The van der Waals surface area contributed by atoms with Gasteiger partial charge in [0.15, 0.2) is 0 Å². The van der Waals surface area contributed by atoms with Gasteiger partial charge in [-0.05, 0) is 43.6 Å². The second-order valence-electron chi connectivity index (χ2n) is 5.69. The first kappa shape index (κ1) is 19.2. The monoisotopic (exact) mass is 320 g/mol. The van der Waals surface area contributed by atoms with Gasteiger partial charge in [0.1, 0.15) is 6.54 Å². The quantitative estimate of drug-likeness (QED) is 0.720. The van der Waals surface area contributed by atoms with E-state index in [4.69, 9.17) is 5.11 Å². The van der Waals surface area contributed by atoms with Crippen molar-refractivity contribution in [3.05, 3.63) is 35.4 Å². The highest BCUT2D eigenvalue weighted by Gasteiger charge is 2.17. The first-order valence-electron chi connectivity index (χ1n) is 8.34. The molecule has 0 atom stereocenters. The highest BCUT2D eigenvalue weighted by molar-refractivity contribution is 5.95. The molecule has 5 heteroatoms. The Balaban J connectivity index is 2.77. The van der Waals surface area contributed by atoms with Crippen molar-refractivity contribution in [2.45, 2.75) is 40.2 Å².